The lowest BCUT2D eigenvalue weighted by Gasteiger charge is -2.08. The number of alkyl halides is 3. The second-order valence-corrected chi connectivity index (χ2v) is 6.03. The average molecular weight is 373 g/mol. The predicted molar refractivity (Wildman–Crippen MR) is 79.2 cm³/mol. The molecular formula is C13H10F3N5O3S. The van der Waals surface area contributed by atoms with Crippen molar-refractivity contribution in [2.45, 2.75) is 18.8 Å². The van der Waals surface area contributed by atoms with Crippen LogP contribution >= 0.6 is 11.8 Å². The smallest absolute Gasteiger partial charge is 0.406 e. The van der Waals surface area contributed by atoms with Gasteiger partial charge in [0.15, 0.2) is 0 Å². The van der Waals surface area contributed by atoms with Crippen LogP contribution in [0, 0.1) is 0 Å². The SMILES string of the molecule is O=C(N[C@H]1CCSC1=O)c1nnn(-c2ccc(OC(F)(F)F)cc2)n1. The number of nitrogens with one attached hydrogen (secondary N) is 1. The number of rotatable bonds is 4. The van der Waals surface area contributed by atoms with Crippen molar-refractivity contribution in [1.82, 2.24) is 25.5 Å². The first-order chi connectivity index (χ1) is 11.8. The van der Waals surface area contributed by atoms with Crippen LogP contribution in [0.3, 0.4) is 0 Å². The van der Waals surface area contributed by atoms with Crippen LogP contribution in [-0.4, -0.2) is 49.4 Å². The molecule has 0 aliphatic carbocycles. The van der Waals surface area contributed by atoms with Crippen molar-refractivity contribution in [3.8, 4) is 11.4 Å². The van der Waals surface area contributed by atoms with E-state index < -0.39 is 24.1 Å². The molecule has 2 heterocycles. The lowest BCUT2D eigenvalue weighted by atomic mass is 10.2. The van der Waals surface area contributed by atoms with Gasteiger partial charge in [0.25, 0.3) is 11.7 Å². The van der Waals surface area contributed by atoms with E-state index in [0.29, 0.717) is 12.2 Å². The van der Waals surface area contributed by atoms with Crippen LogP contribution in [0.4, 0.5) is 13.2 Å². The fourth-order valence-electron chi connectivity index (χ4n) is 2.05. The Morgan fingerprint density at radius 2 is 2.04 bits per heavy atom. The summed E-state index contributed by atoms with van der Waals surface area (Å²) >= 11 is 1.14. The highest BCUT2D eigenvalue weighted by Crippen LogP contribution is 2.23. The Bertz CT molecular complexity index is 793. The third-order valence-corrected chi connectivity index (χ3v) is 4.17. The monoisotopic (exact) mass is 373 g/mol. The quantitative estimate of drug-likeness (QED) is 0.863. The Kier molecular flexibility index (Phi) is 4.61. The Hall–Kier alpha value is -2.63. The zero-order valence-corrected chi connectivity index (χ0v) is 13.2. The Morgan fingerprint density at radius 3 is 2.64 bits per heavy atom. The average Bonchev–Trinajstić information content (AvgIpc) is 3.16. The number of amides is 1. The molecule has 1 fully saturated rings. The molecule has 1 aromatic heterocycles. The van der Waals surface area contributed by atoms with Gasteiger partial charge in [0.05, 0.1) is 11.7 Å². The number of benzene rings is 1. The fourth-order valence-corrected chi connectivity index (χ4v) is 2.98. The van der Waals surface area contributed by atoms with E-state index >= 15 is 0 Å². The number of aromatic nitrogens is 4. The van der Waals surface area contributed by atoms with Gasteiger partial charge in [0, 0.05) is 5.75 Å². The van der Waals surface area contributed by atoms with Crippen LogP contribution in [0.5, 0.6) is 5.75 Å². The van der Waals surface area contributed by atoms with Crippen molar-refractivity contribution in [3.63, 3.8) is 0 Å². The Balaban J connectivity index is 1.68. The molecule has 0 bridgehead atoms. The molecule has 1 aromatic carbocycles. The maximum atomic E-state index is 12.1. The van der Waals surface area contributed by atoms with Crippen molar-refractivity contribution in [3.05, 3.63) is 30.1 Å². The molecule has 1 aliphatic heterocycles. The number of halogens is 3. The van der Waals surface area contributed by atoms with Gasteiger partial charge in [-0.05, 0) is 35.9 Å². The highest BCUT2D eigenvalue weighted by atomic mass is 32.2. The summed E-state index contributed by atoms with van der Waals surface area (Å²) in [5.74, 6) is -0.660. The molecule has 1 N–H and O–H groups in total. The number of ether oxygens (including phenoxy) is 1. The normalized spacial score (nSPS) is 17.6. The van der Waals surface area contributed by atoms with Gasteiger partial charge in [-0.3, -0.25) is 9.59 Å². The number of carbonyl (C=O) groups excluding carboxylic acids is 2. The van der Waals surface area contributed by atoms with E-state index in [1.54, 1.807) is 0 Å². The fraction of sp³-hybridized carbons (Fsp3) is 0.308. The first-order valence-corrected chi connectivity index (χ1v) is 7.94. The van der Waals surface area contributed by atoms with Crippen LogP contribution in [0.15, 0.2) is 24.3 Å². The summed E-state index contributed by atoms with van der Waals surface area (Å²) in [6, 6.07) is 4.15. The van der Waals surface area contributed by atoms with Gasteiger partial charge in [-0.2, -0.15) is 0 Å². The summed E-state index contributed by atoms with van der Waals surface area (Å²) in [4.78, 5) is 24.5. The molecule has 25 heavy (non-hydrogen) atoms. The lowest BCUT2D eigenvalue weighted by molar-refractivity contribution is -0.274. The predicted octanol–water partition coefficient (Wildman–Crippen LogP) is 1.32. The summed E-state index contributed by atoms with van der Waals surface area (Å²) < 4.78 is 40.1. The summed E-state index contributed by atoms with van der Waals surface area (Å²) in [5, 5.41) is 13.5. The third-order valence-electron chi connectivity index (χ3n) is 3.16. The summed E-state index contributed by atoms with van der Waals surface area (Å²) in [7, 11) is 0. The van der Waals surface area contributed by atoms with E-state index in [4.69, 9.17) is 0 Å². The van der Waals surface area contributed by atoms with Gasteiger partial charge >= 0.3 is 6.36 Å². The number of hydrogen-bond donors (Lipinski definition) is 1. The third kappa shape index (κ3) is 4.26. The minimum absolute atomic E-state index is 0.124. The molecule has 0 saturated carbocycles. The molecule has 132 valence electrons. The Morgan fingerprint density at radius 1 is 1.32 bits per heavy atom. The molecule has 0 unspecified atom stereocenters. The first kappa shape index (κ1) is 17.2. The summed E-state index contributed by atoms with van der Waals surface area (Å²) in [6.07, 6.45) is -4.25. The van der Waals surface area contributed by atoms with Gasteiger partial charge < -0.3 is 10.1 Å². The maximum Gasteiger partial charge on any atom is 0.573 e. The molecular weight excluding hydrogens is 363 g/mol. The van der Waals surface area contributed by atoms with Crippen molar-refractivity contribution in [2.24, 2.45) is 0 Å². The second kappa shape index (κ2) is 6.70. The van der Waals surface area contributed by atoms with Crippen molar-refractivity contribution < 1.29 is 27.5 Å². The largest absolute Gasteiger partial charge is 0.573 e. The highest BCUT2D eigenvalue weighted by Gasteiger charge is 2.31. The van der Waals surface area contributed by atoms with E-state index in [1.165, 1.54) is 12.1 Å². The molecule has 3 rings (SSSR count). The zero-order chi connectivity index (χ0) is 18.0. The summed E-state index contributed by atoms with van der Waals surface area (Å²) in [6.45, 7) is 0. The number of carbonyl (C=O) groups is 2. The number of thioether (sulfide) groups is 1. The molecule has 1 atom stereocenters. The first-order valence-electron chi connectivity index (χ1n) is 6.95. The summed E-state index contributed by atoms with van der Waals surface area (Å²) in [5.41, 5.74) is 0.286. The van der Waals surface area contributed by atoms with E-state index in [9.17, 15) is 22.8 Å². The van der Waals surface area contributed by atoms with Gasteiger partial charge in [-0.25, -0.2) is 0 Å². The van der Waals surface area contributed by atoms with E-state index in [0.717, 1.165) is 28.7 Å². The zero-order valence-electron chi connectivity index (χ0n) is 12.4. The lowest BCUT2D eigenvalue weighted by Crippen LogP contribution is -2.37. The van der Waals surface area contributed by atoms with Crippen LogP contribution in [-0.2, 0) is 4.79 Å². The van der Waals surface area contributed by atoms with Gasteiger partial charge in [-0.1, -0.05) is 11.8 Å². The second-order valence-electron chi connectivity index (χ2n) is 4.93. The van der Waals surface area contributed by atoms with Crippen molar-refractivity contribution >= 4 is 22.8 Å². The van der Waals surface area contributed by atoms with Gasteiger partial charge in [-0.15, -0.1) is 28.2 Å². The number of nitrogens with zero attached hydrogens (tertiary/aromatic N) is 4. The van der Waals surface area contributed by atoms with Crippen molar-refractivity contribution in [1.29, 1.82) is 0 Å². The minimum atomic E-state index is -4.78. The van der Waals surface area contributed by atoms with E-state index in [-0.39, 0.29) is 16.6 Å². The molecule has 1 saturated heterocycles. The van der Waals surface area contributed by atoms with E-state index in [2.05, 4.69) is 25.5 Å². The topological polar surface area (TPSA) is 99.0 Å². The van der Waals surface area contributed by atoms with Crippen LogP contribution in [0.2, 0.25) is 0 Å². The van der Waals surface area contributed by atoms with Crippen molar-refractivity contribution in [2.75, 3.05) is 5.75 Å². The number of tetrazole rings is 1. The molecule has 12 heteroatoms. The Labute approximate surface area is 142 Å². The minimum Gasteiger partial charge on any atom is -0.406 e. The molecule has 2 aromatic rings. The molecule has 1 amide bonds. The molecule has 1 aliphatic rings. The van der Waals surface area contributed by atoms with Gasteiger partial charge in [0.2, 0.25) is 5.12 Å². The highest BCUT2D eigenvalue weighted by molar-refractivity contribution is 8.14. The standard InChI is InChI=1S/C13H10F3N5O3S/c14-13(15,16)24-8-3-1-7(2-4-8)21-19-10(18-20-21)11(22)17-9-5-6-25-12(9)23/h1-4,9H,5-6H2,(H,17,22)/t9-/m0/s1. The molecule has 0 radical (unpaired) electrons. The molecule has 0 spiro atoms. The van der Waals surface area contributed by atoms with Gasteiger partial charge in [0.1, 0.15) is 5.75 Å². The van der Waals surface area contributed by atoms with Crippen LogP contribution < -0.4 is 10.1 Å². The van der Waals surface area contributed by atoms with E-state index in [1.807, 2.05) is 0 Å². The van der Waals surface area contributed by atoms with Crippen LogP contribution in [0.1, 0.15) is 17.0 Å². The van der Waals surface area contributed by atoms with Crippen LogP contribution in [0.25, 0.3) is 5.69 Å². The maximum absolute atomic E-state index is 12.1. The number of hydrogen-bond acceptors (Lipinski definition) is 7. The molecule has 8 nitrogen and oxygen atoms in total.